The van der Waals surface area contributed by atoms with E-state index in [0.717, 1.165) is 12.7 Å². The van der Waals surface area contributed by atoms with Gasteiger partial charge in [-0.25, -0.2) is 0 Å². The third kappa shape index (κ3) is 3.23. The maximum atomic E-state index is 5.45. The van der Waals surface area contributed by atoms with Gasteiger partial charge in [-0.2, -0.15) is 0 Å². The second kappa shape index (κ2) is 4.75. The first-order valence-corrected chi connectivity index (χ1v) is 3.62. The zero-order valence-corrected chi connectivity index (χ0v) is 7.46. The molecule has 0 fully saturated rings. The molecule has 0 saturated carbocycles. The molecule has 0 aliphatic rings. The number of nitrogens with zero attached hydrogens (tertiary/aromatic N) is 2. The van der Waals surface area contributed by atoms with E-state index in [1.807, 2.05) is 0 Å². The molecule has 0 N–H and O–H groups in total. The summed E-state index contributed by atoms with van der Waals surface area (Å²) in [6, 6.07) is 0. The van der Waals surface area contributed by atoms with Gasteiger partial charge >= 0.3 is 0 Å². The molecule has 0 heterocycles. The summed E-state index contributed by atoms with van der Waals surface area (Å²) >= 11 is 0. The Morgan fingerprint density at radius 1 is 1.10 bits per heavy atom. The summed E-state index contributed by atoms with van der Waals surface area (Å²) in [5.41, 5.74) is 0. The summed E-state index contributed by atoms with van der Waals surface area (Å²) in [6.45, 7) is 0. The summed E-state index contributed by atoms with van der Waals surface area (Å²) in [7, 11) is 13.7. The lowest BCUT2D eigenvalue weighted by Crippen LogP contribution is -2.40. The first-order valence-electron chi connectivity index (χ1n) is 3.62. The van der Waals surface area contributed by atoms with Crippen molar-refractivity contribution in [2.24, 2.45) is 0 Å². The molecule has 0 aromatic heterocycles. The van der Waals surface area contributed by atoms with Gasteiger partial charge in [-0.3, -0.25) is 9.80 Å². The first kappa shape index (κ1) is 9.98. The molecule has 0 aliphatic heterocycles. The van der Waals surface area contributed by atoms with Gasteiger partial charge < -0.3 is 0 Å². The van der Waals surface area contributed by atoms with E-state index in [-0.39, 0.29) is 0 Å². The van der Waals surface area contributed by atoms with Crippen LogP contribution >= 0.6 is 0 Å². The van der Waals surface area contributed by atoms with Crippen LogP contribution in [0.2, 0.25) is 6.32 Å². The summed E-state index contributed by atoms with van der Waals surface area (Å²) in [5.74, 6) is 0. The zero-order valence-electron chi connectivity index (χ0n) is 7.46. The fourth-order valence-corrected chi connectivity index (χ4v) is 1.13. The highest BCUT2D eigenvalue weighted by Gasteiger charge is 2.10. The fourth-order valence-electron chi connectivity index (χ4n) is 1.13. The van der Waals surface area contributed by atoms with Crippen LogP contribution in [0.15, 0.2) is 0 Å². The normalized spacial score (nSPS) is 11.9. The number of hydrogen-bond donors (Lipinski definition) is 0. The molecular weight excluding hydrogens is 123 g/mol. The second-order valence-electron chi connectivity index (χ2n) is 2.99. The predicted molar refractivity (Wildman–Crippen MR) is 46.3 cm³/mol. The molecular formula is C7H17BN2. The molecule has 0 saturated heterocycles. The Morgan fingerprint density at radius 2 is 1.50 bits per heavy atom. The quantitative estimate of drug-likeness (QED) is 0.412. The van der Waals surface area contributed by atoms with Crippen LogP contribution in [0.3, 0.4) is 0 Å². The van der Waals surface area contributed by atoms with Crippen molar-refractivity contribution in [1.82, 2.24) is 9.80 Å². The van der Waals surface area contributed by atoms with Crippen molar-refractivity contribution in [3.8, 4) is 0 Å². The zero-order chi connectivity index (χ0) is 8.15. The minimum absolute atomic E-state index is 0.477. The molecule has 0 amide bonds. The van der Waals surface area contributed by atoms with Gasteiger partial charge in [0.2, 0.25) is 0 Å². The Morgan fingerprint density at radius 3 is 1.60 bits per heavy atom. The lowest BCUT2D eigenvalue weighted by molar-refractivity contribution is 0.125. The molecule has 2 radical (unpaired) electrons. The topological polar surface area (TPSA) is 6.48 Å². The Hall–Kier alpha value is -0.0151. The SMILES string of the molecule is [B]CCC(N(C)C)N(C)C. The summed E-state index contributed by atoms with van der Waals surface area (Å²) in [4.78, 5) is 4.35. The molecule has 0 unspecified atom stereocenters. The monoisotopic (exact) mass is 140 g/mol. The molecule has 10 heavy (non-hydrogen) atoms. The van der Waals surface area contributed by atoms with Gasteiger partial charge in [0.25, 0.3) is 0 Å². The van der Waals surface area contributed by atoms with Gasteiger partial charge in [-0.05, 0) is 34.6 Å². The maximum Gasteiger partial charge on any atom is 0.0654 e. The average Bonchev–Trinajstić information content (AvgIpc) is 1.81. The smallest absolute Gasteiger partial charge is 0.0654 e. The highest BCUT2D eigenvalue weighted by molar-refractivity contribution is 6.08. The van der Waals surface area contributed by atoms with E-state index in [4.69, 9.17) is 7.85 Å². The average molecular weight is 140 g/mol. The van der Waals surface area contributed by atoms with Gasteiger partial charge in [-0.1, -0.05) is 6.32 Å². The van der Waals surface area contributed by atoms with Crippen LogP contribution in [0.4, 0.5) is 0 Å². The minimum atomic E-state index is 0.477. The van der Waals surface area contributed by atoms with Crippen LogP contribution in [0.1, 0.15) is 6.42 Å². The molecule has 0 spiro atoms. The third-order valence-corrected chi connectivity index (χ3v) is 1.62. The second-order valence-corrected chi connectivity index (χ2v) is 2.99. The van der Waals surface area contributed by atoms with E-state index >= 15 is 0 Å². The van der Waals surface area contributed by atoms with E-state index in [0.29, 0.717) is 6.17 Å². The molecule has 0 aromatic rings. The third-order valence-electron chi connectivity index (χ3n) is 1.62. The van der Waals surface area contributed by atoms with Crippen LogP contribution < -0.4 is 0 Å². The van der Waals surface area contributed by atoms with Gasteiger partial charge in [0.05, 0.1) is 14.0 Å². The Bertz CT molecular complexity index is 75.7. The van der Waals surface area contributed by atoms with Crippen molar-refractivity contribution in [3.63, 3.8) is 0 Å². The molecule has 3 heteroatoms. The van der Waals surface area contributed by atoms with Crippen molar-refractivity contribution in [2.45, 2.75) is 18.9 Å². The van der Waals surface area contributed by atoms with Crippen molar-refractivity contribution in [1.29, 1.82) is 0 Å². The summed E-state index contributed by atoms with van der Waals surface area (Å²) in [6.07, 6.45) is 2.26. The lowest BCUT2D eigenvalue weighted by atomic mass is 10.00. The summed E-state index contributed by atoms with van der Waals surface area (Å²) < 4.78 is 0. The van der Waals surface area contributed by atoms with E-state index in [1.54, 1.807) is 0 Å². The van der Waals surface area contributed by atoms with Gasteiger partial charge in [0, 0.05) is 0 Å². The number of rotatable bonds is 4. The molecule has 0 aromatic carbocycles. The van der Waals surface area contributed by atoms with Crippen molar-refractivity contribution in [3.05, 3.63) is 0 Å². The molecule has 0 rings (SSSR count). The van der Waals surface area contributed by atoms with E-state index in [9.17, 15) is 0 Å². The van der Waals surface area contributed by atoms with E-state index < -0.39 is 0 Å². The Balaban J connectivity index is 3.73. The van der Waals surface area contributed by atoms with Crippen LogP contribution in [-0.4, -0.2) is 52.0 Å². The van der Waals surface area contributed by atoms with Crippen LogP contribution in [-0.2, 0) is 0 Å². The van der Waals surface area contributed by atoms with Crippen LogP contribution in [0, 0.1) is 0 Å². The Kier molecular flexibility index (Phi) is 4.74. The minimum Gasteiger partial charge on any atom is -0.294 e. The predicted octanol–water partition coefficient (Wildman–Crippen LogP) is 0.413. The maximum absolute atomic E-state index is 5.45. The van der Waals surface area contributed by atoms with Crippen LogP contribution in [0.25, 0.3) is 0 Å². The van der Waals surface area contributed by atoms with Crippen molar-refractivity contribution in [2.75, 3.05) is 28.2 Å². The summed E-state index contributed by atoms with van der Waals surface area (Å²) in [5, 5.41) is 0. The number of hydrogen-bond acceptors (Lipinski definition) is 2. The first-order chi connectivity index (χ1) is 4.59. The highest BCUT2D eigenvalue weighted by Crippen LogP contribution is 2.03. The molecule has 2 nitrogen and oxygen atoms in total. The van der Waals surface area contributed by atoms with Crippen molar-refractivity contribution < 1.29 is 0 Å². The van der Waals surface area contributed by atoms with Crippen molar-refractivity contribution >= 4 is 7.85 Å². The molecule has 58 valence electrons. The molecule has 0 atom stereocenters. The lowest BCUT2D eigenvalue weighted by Gasteiger charge is -2.30. The fraction of sp³-hybridized carbons (Fsp3) is 1.00. The standard InChI is InChI=1S/C7H17BN2/c1-9(2)7(5-6-8)10(3)4/h7H,5-6H2,1-4H3. The van der Waals surface area contributed by atoms with Crippen LogP contribution in [0.5, 0.6) is 0 Å². The van der Waals surface area contributed by atoms with E-state index in [1.165, 1.54) is 0 Å². The van der Waals surface area contributed by atoms with Gasteiger partial charge in [0.1, 0.15) is 0 Å². The Labute approximate surface area is 65.6 Å². The molecule has 0 bridgehead atoms. The largest absolute Gasteiger partial charge is 0.294 e. The van der Waals surface area contributed by atoms with Gasteiger partial charge in [0.15, 0.2) is 0 Å². The van der Waals surface area contributed by atoms with E-state index in [2.05, 4.69) is 38.0 Å². The highest BCUT2D eigenvalue weighted by atomic mass is 15.3. The molecule has 0 aliphatic carbocycles. The van der Waals surface area contributed by atoms with Gasteiger partial charge in [-0.15, -0.1) is 0 Å².